The molecule has 1 aromatic heterocycles. The van der Waals surface area contributed by atoms with Crippen LogP contribution in [-0.2, 0) is 10.2 Å². The van der Waals surface area contributed by atoms with Crippen molar-refractivity contribution in [2.24, 2.45) is 0 Å². The van der Waals surface area contributed by atoms with E-state index in [1.807, 2.05) is 37.4 Å². The molecule has 0 saturated carbocycles. The highest BCUT2D eigenvalue weighted by Crippen LogP contribution is 2.42. The zero-order valence-corrected chi connectivity index (χ0v) is 17.3. The SMILES string of the molecule is CN1C(=O)C(C)(C)c2cc(-c3csc(NC(=O)c4ccc([N+](=O)[O-])cc4)n3)ccc21. The van der Waals surface area contributed by atoms with E-state index in [0.717, 1.165) is 16.8 Å². The zero-order chi connectivity index (χ0) is 21.6. The highest BCUT2D eigenvalue weighted by Gasteiger charge is 2.42. The number of hydrogen-bond donors (Lipinski definition) is 1. The van der Waals surface area contributed by atoms with Gasteiger partial charge in [0, 0.05) is 41.4 Å². The lowest BCUT2D eigenvalue weighted by molar-refractivity contribution is -0.384. The third kappa shape index (κ3) is 3.22. The van der Waals surface area contributed by atoms with Gasteiger partial charge in [-0.15, -0.1) is 11.3 Å². The van der Waals surface area contributed by atoms with Crippen molar-refractivity contribution in [2.75, 3.05) is 17.3 Å². The number of benzene rings is 2. The van der Waals surface area contributed by atoms with E-state index in [0.29, 0.717) is 16.4 Å². The van der Waals surface area contributed by atoms with Crippen LogP contribution >= 0.6 is 11.3 Å². The van der Waals surface area contributed by atoms with Gasteiger partial charge in [0.25, 0.3) is 11.6 Å². The number of anilines is 2. The van der Waals surface area contributed by atoms with Crippen LogP contribution in [0.5, 0.6) is 0 Å². The predicted molar refractivity (Wildman–Crippen MR) is 115 cm³/mol. The van der Waals surface area contributed by atoms with E-state index in [-0.39, 0.29) is 11.6 Å². The molecule has 1 aliphatic heterocycles. The van der Waals surface area contributed by atoms with Crippen molar-refractivity contribution in [3.63, 3.8) is 0 Å². The van der Waals surface area contributed by atoms with E-state index in [2.05, 4.69) is 10.3 Å². The maximum Gasteiger partial charge on any atom is 0.269 e. The smallest absolute Gasteiger partial charge is 0.269 e. The van der Waals surface area contributed by atoms with Gasteiger partial charge in [-0.1, -0.05) is 6.07 Å². The van der Waals surface area contributed by atoms with Crippen LogP contribution in [0, 0.1) is 10.1 Å². The lowest BCUT2D eigenvalue weighted by atomic mass is 9.85. The lowest BCUT2D eigenvalue weighted by Crippen LogP contribution is -2.33. The molecule has 2 heterocycles. The number of rotatable bonds is 4. The maximum absolute atomic E-state index is 12.5. The summed E-state index contributed by atoms with van der Waals surface area (Å²) in [6, 6.07) is 11.1. The Morgan fingerprint density at radius 2 is 1.90 bits per heavy atom. The Morgan fingerprint density at radius 3 is 2.57 bits per heavy atom. The summed E-state index contributed by atoms with van der Waals surface area (Å²) >= 11 is 1.28. The number of aromatic nitrogens is 1. The molecule has 0 radical (unpaired) electrons. The van der Waals surface area contributed by atoms with Crippen molar-refractivity contribution in [2.45, 2.75) is 19.3 Å². The number of likely N-dealkylation sites (N-methyl/N-ethyl adjacent to an activating group) is 1. The molecule has 0 bridgehead atoms. The average Bonchev–Trinajstić information content (AvgIpc) is 3.26. The Balaban J connectivity index is 1.55. The van der Waals surface area contributed by atoms with Crippen molar-refractivity contribution < 1.29 is 14.5 Å². The van der Waals surface area contributed by atoms with Crippen LogP contribution < -0.4 is 10.2 Å². The van der Waals surface area contributed by atoms with Crippen molar-refractivity contribution >= 4 is 39.7 Å². The van der Waals surface area contributed by atoms with Gasteiger partial charge in [0.05, 0.1) is 16.0 Å². The summed E-state index contributed by atoms with van der Waals surface area (Å²) in [5.74, 6) is -0.350. The largest absolute Gasteiger partial charge is 0.314 e. The Kier molecular flexibility index (Phi) is 4.62. The Labute approximate surface area is 176 Å². The van der Waals surface area contributed by atoms with E-state index in [1.54, 1.807) is 11.9 Å². The summed E-state index contributed by atoms with van der Waals surface area (Å²) in [6.07, 6.45) is 0. The monoisotopic (exact) mass is 422 g/mol. The second kappa shape index (κ2) is 7.03. The Morgan fingerprint density at radius 1 is 1.20 bits per heavy atom. The number of amides is 2. The lowest BCUT2D eigenvalue weighted by Gasteiger charge is -2.16. The van der Waals surface area contributed by atoms with E-state index >= 15 is 0 Å². The molecule has 0 atom stereocenters. The van der Waals surface area contributed by atoms with Crippen LogP contribution in [0.15, 0.2) is 47.8 Å². The molecule has 8 nitrogen and oxygen atoms in total. The fourth-order valence-corrected chi connectivity index (χ4v) is 4.21. The van der Waals surface area contributed by atoms with E-state index < -0.39 is 16.2 Å². The van der Waals surface area contributed by atoms with Gasteiger partial charge in [-0.25, -0.2) is 4.98 Å². The first-order chi connectivity index (χ1) is 14.2. The molecule has 3 aromatic rings. The molecule has 0 spiro atoms. The molecule has 0 aliphatic carbocycles. The number of carbonyl (C=O) groups is 2. The minimum atomic E-state index is -0.608. The standard InChI is InChI=1S/C21H18N4O4S/c1-21(2)15-10-13(6-9-17(15)24(3)19(21)27)16-11-30-20(22-16)23-18(26)12-4-7-14(8-5-12)25(28)29/h4-11H,1-3H3,(H,22,23,26). The van der Waals surface area contributed by atoms with Gasteiger partial charge in [0.2, 0.25) is 5.91 Å². The number of nitro benzene ring substituents is 1. The Hall–Kier alpha value is -3.59. The molecule has 2 amide bonds. The number of nitro groups is 1. The van der Waals surface area contributed by atoms with Crippen molar-refractivity contribution in [3.8, 4) is 11.3 Å². The molecule has 2 aromatic carbocycles. The van der Waals surface area contributed by atoms with Crippen LogP contribution in [0.3, 0.4) is 0 Å². The fourth-order valence-electron chi connectivity index (χ4n) is 3.50. The molecule has 0 unspecified atom stereocenters. The summed E-state index contributed by atoms with van der Waals surface area (Å²) in [5, 5.41) is 15.7. The van der Waals surface area contributed by atoms with Gasteiger partial charge < -0.3 is 4.90 Å². The number of nitrogens with zero attached hydrogens (tertiary/aromatic N) is 3. The fraction of sp³-hybridized carbons (Fsp3) is 0.190. The number of fused-ring (bicyclic) bond motifs is 1. The first-order valence-electron chi connectivity index (χ1n) is 9.13. The van der Waals surface area contributed by atoms with Gasteiger partial charge in [-0.2, -0.15) is 0 Å². The number of non-ortho nitro benzene ring substituents is 1. The molecule has 152 valence electrons. The summed E-state index contributed by atoms with van der Waals surface area (Å²) in [4.78, 5) is 41.2. The quantitative estimate of drug-likeness (QED) is 0.500. The zero-order valence-electron chi connectivity index (χ0n) is 16.5. The Bertz CT molecular complexity index is 1180. The minimum absolute atomic E-state index is 0.0454. The van der Waals surface area contributed by atoms with Gasteiger partial charge in [0.1, 0.15) is 0 Å². The molecule has 0 saturated heterocycles. The van der Waals surface area contributed by atoms with Gasteiger partial charge in [0.15, 0.2) is 5.13 Å². The van der Waals surface area contributed by atoms with E-state index in [1.165, 1.54) is 35.6 Å². The van der Waals surface area contributed by atoms with Crippen LogP contribution in [0.1, 0.15) is 29.8 Å². The third-order valence-electron chi connectivity index (χ3n) is 5.23. The van der Waals surface area contributed by atoms with Crippen LogP contribution in [0.2, 0.25) is 0 Å². The predicted octanol–water partition coefficient (Wildman–Crippen LogP) is 4.22. The number of nitrogens with one attached hydrogen (secondary N) is 1. The molecule has 4 rings (SSSR count). The number of carbonyl (C=O) groups excluding carboxylic acids is 2. The van der Waals surface area contributed by atoms with Gasteiger partial charge >= 0.3 is 0 Å². The second-order valence-electron chi connectivity index (χ2n) is 7.52. The molecular weight excluding hydrogens is 404 g/mol. The van der Waals surface area contributed by atoms with Crippen LogP contribution in [0.4, 0.5) is 16.5 Å². The van der Waals surface area contributed by atoms with Crippen molar-refractivity contribution in [1.82, 2.24) is 4.98 Å². The summed E-state index contributed by atoms with van der Waals surface area (Å²) in [6.45, 7) is 3.80. The average molecular weight is 422 g/mol. The molecule has 30 heavy (non-hydrogen) atoms. The molecule has 1 N–H and O–H groups in total. The van der Waals surface area contributed by atoms with Crippen LogP contribution in [0.25, 0.3) is 11.3 Å². The highest BCUT2D eigenvalue weighted by atomic mass is 32.1. The first kappa shape index (κ1) is 19.7. The summed E-state index contributed by atoms with van der Waals surface area (Å²) < 4.78 is 0. The molecule has 0 fully saturated rings. The minimum Gasteiger partial charge on any atom is -0.314 e. The summed E-state index contributed by atoms with van der Waals surface area (Å²) in [7, 11) is 1.77. The van der Waals surface area contributed by atoms with Crippen molar-refractivity contribution in [1.29, 1.82) is 0 Å². The van der Waals surface area contributed by atoms with Crippen molar-refractivity contribution in [3.05, 3.63) is 69.1 Å². The molecular formula is C21H18N4O4S. The first-order valence-corrected chi connectivity index (χ1v) is 10.0. The maximum atomic E-state index is 12.5. The second-order valence-corrected chi connectivity index (χ2v) is 8.38. The van der Waals surface area contributed by atoms with Crippen LogP contribution in [-0.4, -0.2) is 28.8 Å². The van der Waals surface area contributed by atoms with Gasteiger partial charge in [-0.05, 0) is 43.7 Å². The number of thiazole rings is 1. The third-order valence-corrected chi connectivity index (χ3v) is 5.99. The summed E-state index contributed by atoms with van der Waals surface area (Å²) in [5.41, 5.74) is 3.00. The van der Waals surface area contributed by atoms with E-state index in [4.69, 9.17) is 0 Å². The van der Waals surface area contributed by atoms with Gasteiger partial charge in [-0.3, -0.25) is 25.0 Å². The number of hydrogen-bond acceptors (Lipinski definition) is 6. The molecule has 9 heteroatoms. The molecule has 1 aliphatic rings. The topological polar surface area (TPSA) is 105 Å². The normalized spacial score (nSPS) is 14.5. The highest BCUT2D eigenvalue weighted by molar-refractivity contribution is 7.14. The van der Waals surface area contributed by atoms with E-state index in [9.17, 15) is 19.7 Å².